The second-order valence-corrected chi connectivity index (χ2v) is 4.51. The third-order valence-electron chi connectivity index (χ3n) is 3.03. The van der Waals surface area contributed by atoms with E-state index in [2.05, 4.69) is 5.32 Å². The third-order valence-corrected chi connectivity index (χ3v) is 3.03. The van der Waals surface area contributed by atoms with E-state index in [1.54, 1.807) is 24.3 Å². The highest BCUT2D eigenvalue weighted by molar-refractivity contribution is 6.01. The number of nitrogens with zero attached hydrogens (tertiary/aromatic N) is 3. The maximum Gasteiger partial charge on any atom is 0.326 e. The van der Waals surface area contributed by atoms with E-state index < -0.39 is 0 Å². The normalized spacial score (nSPS) is 9.36. The zero-order valence-electron chi connectivity index (χ0n) is 11.9. The molecule has 0 heterocycles. The molecule has 0 unspecified atom stereocenters. The van der Waals surface area contributed by atoms with Crippen molar-refractivity contribution in [2.45, 2.75) is 6.42 Å². The summed E-state index contributed by atoms with van der Waals surface area (Å²) >= 11 is 0. The van der Waals surface area contributed by atoms with E-state index in [4.69, 9.17) is 10.5 Å². The number of carbonyl (C=O) groups excluding carboxylic acids is 1. The van der Waals surface area contributed by atoms with Gasteiger partial charge in [-0.1, -0.05) is 18.2 Å². The predicted octanol–water partition coefficient (Wildman–Crippen LogP) is 3.51. The molecule has 0 bridgehead atoms. The Bertz CT molecular complexity index is 711. The number of hydrogen-bond donors (Lipinski definition) is 1. The molecule has 2 rings (SSSR count). The number of amides is 2. The summed E-state index contributed by atoms with van der Waals surface area (Å²) in [6.07, 6.45) is 0.246. The molecule has 2 amide bonds. The molecule has 0 aliphatic carbocycles. The first-order valence-electron chi connectivity index (χ1n) is 6.75. The molecule has 0 radical (unpaired) electrons. The standard InChI is InChI=1S/C17H14N4O/c18-11-4-12-21(16-5-2-1-3-6-16)17(22)20-15-9-7-14(13-19)8-10-15/h1-3,5-10H,4,12H2,(H,20,22). The lowest BCUT2D eigenvalue weighted by Gasteiger charge is -2.22. The van der Waals surface area contributed by atoms with Crippen LogP contribution >= 0.6 is 0 Å². The molecule has 2 aromatic carbocycles. The average Bonchev–Trinajstić information content (AvgIpc) is 2.57. The summed E-state index contributed by atoms with van der Waals surface area (Å²) in [7, 11) is 0. The van der Waals surface area contributed by atoms with E-state index in [0.717, 1.165) is 5.69 Å². The Morgan fingerprint density at radius 3 is 2.32 bits per heavy atom. The summed E-state index contributed by atoms with van der Waals surface area (Å²) in [4.78, 5) is 13.9. The summed E-state index contributed by atoms with van der Waals surface area (Å²) in [5, 5.41) is 20.3. The number of benzene rings is 2. The topological polar surface area (TPSA) is 79.9 Å². The fraction of sp³-hybridized carbons (Fsp3) is 0.118. The van der Waals surface area contributed by atoms with Gasteiger partial charge in [-0.05, 0) is 36.4 Å². The molecule has 0 saturated carbocycles. The van der Waals surface area contributed by atoms with Gasteiger partial charge in [0.1, 0.15) is 0 Å². The Hall–Kier alpha value is -3.31. The van der Waals surface area contributed by atoms with Crippen molar-refractivity contribution in [3.05, 3.63) is 60.2 Å². The molecule has 108 valence electrons. The van der Waals surface area contributed by atoms with Crippen LogP contribution < -0.4 is 10.2 Å². The Kier molecular flexibility index (Phi) is 5.12. The van der Waals surface area contributed by atoms with Crippen molar-refractivity contribution in [2.24, 2.45) is 0 Å². The van der Waals surface area contributed by atoms with Crippen LogP contribution in [-0.4, -0.2) is 12.6 Å². The molecule has 0 saturated heterocycles. The molecule has 0 atom stereocenters. The highest BCUT2D eigenvalue weighted by atomic mass is 16.2. The lowest BCUT2D eigenvalue weighted by molar-refractivity contribution is 0.257. The third kappa shape index (κ3) is 3.84. The Balaban J connectivity index is 2.15. The van der Waals surface area contributed by atoms with Crippen LogP contribution in [-0.2, 0) is 0 Å². The average molecular weight is 290 g/mol. The van der Waals surface area contributed by atoms with E-state index in [1.807, 2.05) is 42.5 Å². The molecule has 0 aromatic heterocycles. The van der Waals surface area contributed by atoms with Crippen molar-refractivity contribution in [1.82, 2.24) is 0 Å². The van der Waals surface area contributed by atoms with Crippen molar-refractivity contribution in [3.63, 3.8) is 0 Å². The summed E-state index contributed by atoms with van der Waals surface area (Å²) in [6, 6.07) is 19.5. The van der Waals surface area contributed by atoms with Gasteiger partial charge in [-0.3, -0.25) is 4.90 Å². The van der Waals surface area contributed by atoms with Crippen LogP contribution in [0.25, 0.3) is 0 Å². The van der Waals surface area contributed by atoms with Gasteiger partial charge in [0, 0.05) is 17.9 Å². The molecular formula is C17H14N4O. The molecule has 1 N–H and O–H groups in total. The molecule has 5 nitrogen and oxygen atoms in total. The number of para-hydroxylation sites is 1. The summed E-state index contributed by atoms with van der Waals surface area (Å²) < 4.78 is 0. The number of rotatable bonds is 4. The molecule has 0 aliphatic heterocycles. The van der Waals surface area contributed by atoms with Crippen LogP contribution in [0.3, 0.4) is 0 Å². The first-order valence-corrected chi connectivity index (χ1v) is 6.75. The van der Waals surface area contributed by atoms with E-state index in [1.165, 1.54) is 4.90 Å². The fourth-order valence-electron chi connectivity index (χ4n) is 1.94. The Morgan fingerprint density at radius 1 is 1.05 bits per heavy atom. The number of carbonyl (C=O) groups is 1. The largest absolute Gasteiger partial charge is 0.326 e. The summed E-state index contributed by atoms with van der Waals surface area (Å²) in [6.45, 7) is 0.308. The molecule has 0 fully saturated rings. The highest BCUT2D eigenvalue weighted by Gasteiger charge is 2.15. The zero-order chi connectivity index (χ0) is 15.8. The Morgan fingerprint density at radius 2 is 1.73 bits per heavy atom. The number of nitrogens with one attached hydrogen (secondary N) is 1. The maximum atomic E-state index is 12.4. The van der Waals surface area contributed by atoms with Crippen LogP contribution in [0.2, 0.25) is 0 Å². The molecule has 0 spiro atoms. The van der Waals surface area contributed by atoms with Crippen LogP contribution in [0.1, 0.15) is 12.0 Å². The van der Waals surface area contributed by atoms with Gasteiger partial charge in [0.15, 0.2) is 0 Å². The van der Waals surface area contributed by atoms with Gasteiger partial charge < -0.3 is 5.32 Å². The second kappa shape index (κ2) is 7.47. The quantitative estimate of drug-likeness (QED) is 0.935. The van der Waals surface area contributed by atoms with Crippen LogP contribution in [0.5, 0.6) is 0 Å². The fourth-order valence-corrected chi connectivity index (χ4v) is 1.94. The van der Waals surface area contributed by atoms with Crippen molar-refractivity contribution >= 4 is 17.4 Å². The monoisotopic (exact) mass is 290 g/mol. The number of nitriles is 2. The van der Waals surface area contributed by atoms with E-state index in [9.17, 15) is 4.79 Å². The maximum absolute atomic E-state index is 12.4. The van der Waals surface area contributed by atoms with Gasteiger partial charge in [0.2, 0.25) is 0 Å². The molecule has 22 heavy (non-hydrogen) atoms. The summed E-state index contributed by atoms with van der Waals surface area (Å²) in [5.74, 6) is 0. The molecular weight excluding hydrogens is 276 g/mol. The minimum atomic E-state index is -0.314. The minimum Gasteiger partial charge on any atom is -0.308 e. The van der Waals surface area contributed by atoms with Gasteiger partial charge >= 0.3 is 6.03 Å². The smallest absolute Gasteiger partial charge is 0.308 e. The zero-order valence-corrected chi connectivity index (χ0v) is 11.9. The molecule has 2 aromatic rings. The van der Waals surface area contributed by atoms with Gasteiger partial charge in [0.25, 0.3) is 0 Å². The lowest BCUT2D eigenvalue weighted by Crippen LogP contribution is -2.35. The highest BCUT2D eigenvalue weighted by Crippen LogP contribution is 2.16. The minimum absolute atomic E-state index is 0.246. The van der Waals surface area contributed by atoms with E-state index in [0.29, 0.717) is 17.8 Å². The first kappa shape index (κ1) is 15.1. The second-order valence-electron chi connectivity index (χ2n) is 4.51. The number of hydrogen-bond acceptors (Lipinski definition) is 3. The van der Waals surface area contributed by atoms with Gasteiger partial charge in [-0.15, -0.1) is 0 Å². The van der Waals surface area contributed by atoms with E-state index >= 15 is 0 Å². The van der Waals surface area contributed by atoms with Crippen molar-refractivity contribution < 1.29 is 4.79 Å². The predicted molar refractivity (Wildman–Crippen MR) is 84.2 cm³/mol. The summed E-state index contributed by atoms with van der Waals surface area (Å²) in [5.41, 5.74) is 1.85. The van der Waals surface area contributed by atoms with Crippen molar-refractivity contribution in [2.75, 3.05) is 16.8 Å². The van der Waals surface area contributed by atoms with E-state index in [-0.39, 0.29) is 12.5 Å². The van der Waals surface area contributed by atoms with Crippen LogP contribution in [0, 0.1) is 22.7 Å². The van der Waals surface area contributed by atoms with Gasteiger partial charge in [0.05, 0.1) is 24.1 Å². The van der Waals surface area contributed by atoms with Crippen LogP contribution in [0.4, 0.5) is 16.2 Å². The number of urea groups is 1. The molecule has 5 heteroatoms. The van der Waals surface area contributed by atoms with Crippen LogP contribution in [0.15, 0.2) is 54.6 Å². The Labute approximate surface area is 129 Å². The van der Waals surface area contributed by atoms with Gasteiger partial charge in [-0.25, -0.2) is 4.79 Å². The number of anilines is 2. The van der Waals surface area contributed by atoms with Crippen molar-refractivity contribution in [3.8, 4) is 12.1 Å². The van der Waals surface area contributed by atoms with Gasteiger partial charge in [-0.2, -0.15) is 10.5 Å². The molecule has 0 aliphatic rings. The lowest BCUT2D eigenvalue weighted by atomic mass is 10.2. The SMILES string of the molecule is N#CCCN(C(=O)Nc1ccc(C#N)cc1)c1ccccc1. The first-order chi connectivity index (χ1) is 10.7. The van der Waals surface area contributed by atoms with Crippen molar-refractivity contribution in [1.29, 1.82) is 10.5 Å².